The van der Waals surface area contributed by atoms with Crippen molar-refractivity contribution in [1.29, 1.82) is 0 Å². The molecule has 2 aromatic rings. The standard InChI is InChI=1S/C17H15NS/c1-2-17-18-15(12-13-8-4-3-5-9-13)14-10-6-7-11-16(14)19-17/h3-12H,2H2,1H3/b15-12+. The van der Waals surface area contributed by atoms with Crippen molar-refractivity contribution in [2.75, 3.05) is 0 Å². The van der Waals surface area contributed by atoms with Gasteiger partial charge in [-0.25, -0.2) is 4.99 Å². The fraction of sp³-hybridized carbons (Fsp3) is 0.118. The number of hydrogen-bond acceptors (Lipinski definition) is 2. The molecule has 0 bridgehead atoms. The highest BCUT2D eigenvalue weighted by Crippen LogP contribution is 2.37. The molecule has 0 atom stereocenters. The molecule has 19 heavy (non-hydrogen) atoms. The number of benzene rings is 2. The summed E-state index contributed by atoms with van der Waals surface area (Å²) in [6, 6.07) is 18.8. The molecule has 1 nitrogen and oxygen atoms in total. The van der Waals surface area contributed by atoms with Crippen molar-refractivity contribution < 1.29 is 0 Å². The molecule has 94 valence electrons. The molecule has 0 saturated heterocycles. The molecule has 2 aromatic carbocycles. The van der Waals surface area contributed by atoms with Crippen molar-refractivity contribution in [3.8, 4) is 0 Å². The third kappa shape index (κ3) is 2.64. The lowest BCUT2D eigenvalue weighted by molar-refractivity contribution is 1.28. The Morgan fingerprint density at radius 1 is 1.00 bits per heavy atom. The summed E-state index contributed by atoms with van der Waals surface area (Å²) in [6.07, 6.45) is 3.14. The minimum absolute atomic E-state index is 0.977. The lowest BCUT2D eigenvalue weighted by Crippen LogP contribution is -1.99. The molecule has 0 saturated carbocycles. The van der Waals surface area contributed by atoms with Gasteiger partial charge >= 0.3 is 0 Å². The first-order valence-electron chi connectivity index (χ1n) is 6.48. The Kier molecular flexibility index (Phi) is 3.51. The number of nitrogens with zero attached hydrogens (tertiary/aromatic N) is 1. The van der Waals surface area contributed by atoms with Crippen LogP contribution in [0, 0.1) is 0 Å². The quantitative estimate of drug-likeness (QED) is 0.736. The molecule has 0 N–H and O–H groups in total. The first-order chi connectivity index (χ1) is 9.36. The second kappa shape index (κ2) is 5.45. The number of fused-ring (bicyclic) bond motifs is 1. The van der Waals surface area contributed by atoms with Gasteiger partial charge in [0.05, 0.1) is 10.7 Å². The molecule has 0 fully saturated rings. The van der Waals surface area contributed by atoms with Gasteiger partial charge < -0.3 is 0 Å². The Morgan fingerprint density at radius 3 is 2.53 bits per heavy atom. The summed E-state index contributed by atoms with van der Waals surface area (Å²) >= 11 is 1.78. The minimum atomic E-state index is 0.977. The van der Waals surface area contributed by atoms with Crippen LogP contribution in [0.4, 0.5) is 0 Å². The van der Waals surface area contributed by atoms with E-state index in [0.29, 0.717) is 0 Å². The number of hydrogen-bond donors (Lipinski definition) is 0. The van der Waals surface area contributed by atoms with Crippen LogP contribution in [0.3, 0.4) is 0 Å². The maximum absolute atomic E-state index is 4.78. The molecule has 0 radical (unpaired) electrons. The van der Waals surface area contributed by atoms with Crippen molar-refractivity contribution in [2.45, 2.75) is 18.2 Å². The summed E-state index contributed by atoms with van der Waals surface area (Å²) in [4.78, 5) is 6.08. The molecule has 1 aliphatic heterocycles. The Labute approximate surface area is 118 Å². The van der Waals surface area contributed by atoms with Gasteiger partial charge in [-0.2, -0.15) is 0 Å². The van der Waals surface area contributed by atoms with E-state index in [4.69, 9.17) is 4.99 Å². The first kappa shape index (κ1) is 12.2. The monoisotopic (exact) mass is 265 g/mol. The summed E-state index contributed by atoms with van der Waals surface area (Å²) in [6.45, 7) is 2.15. The highest BCUT2D eigenvalue weighted by Gasteiger charge is 2.15. The third-order valence-electron chi connectivity index (χ3n) is 3.04. The van der Waals surface area contributed by atoms with Crippen LogP contribution >= 0.6 is 11.8 Å². The SMILES string of the molecule is CCC1=N/C(=C/c2ccccc2)c2ccccc2S1. The van der Waals surface area contributed by atoms with Gasteiger partial charge in [-0.15, -0.1) is 0 Å². The van der Waals surface area contributed by atoms with Crippen LogP contribution in [0.1, 0.15) is 24.5 Å². The van der Waals surface area contributed by atoms with Crippen LogP contribution in [-0.2, 0) is 0 Å². The van der Waals surface area contributed by atoms with Gasteiger partial charge in [-0.3, -0.25) is 0 Å². The summed E-state index contributed by atoms with van der Waals surface area (Å²) in [5.74, 6) is 0. The van der Waals surface area contributed by atoms with Crippen molar-refractivity contribution in [3.63, 3.8) is 0 Å². The number of rotatable bonds is 2. The van der Waals surface area contributed by atoms with Gasteiger partial charge in [-0.05, 0) is 24.1 Å². The average Bonchev–Trinajstić information content (AvgIpc) is 2.48. The summed E-state index contributed by atoms with van der Waals surface area (Å²) in [5.41, 5.74) is 3.49. The summed E-state index contributed by atoms with van der Waals surface area (Å²) in [5, 5.41) is 1.18. The van der Waals surface area contributed by atoms with Crippen LogP contribution in [0.25, 0.3) is 11.8 Å². The van der Waals surface area contributed by atoms with Crippen molar-refractivity contribution in [1.82, 2.24) is 0 Å². The third-order valence-corrected chi connectivity index (χ3v) is 4.23. The van der Waals surface area contributed by atoms with Crippen molar-refractivity contribution in [2.24, 2.45) is 4.99 Å². The predicted molar refractivity (Wildman–Crippen MR) is 84.3 cm³/mol. The Morgan fingerprint density at radius 2 is 1.74 bits per heavy atom. The van der Waals surface area contributed by atoms with E-state index in [2.05, 4.69) is 61.5 Å². The van der Waals surface area contributed by atoms with E-state index >= 15 is 0 Å². The molecule has 0 amide bonds. The van der Waals surface area contributed by atoms with E-state index in [9.17, 15) is 0 Å². The molecule has 0 unspecified atom stereocenters. The molecule has 0 aromatic heterocycles. The maximum Gasteiger partial charge on any atom is 0.0783 e. The highest BCUT2D eigenvalue weighted by atomic mass is 32.2. The van der Waals surface area contributed by atoms with Gasteiger partial charge in [0.25, 0.3) is 0 Å². The zero-order valence-corrected chi connectivity index (χ0v) is 11.7. The van der Waals surface area contributed by atoms with Gasteiger partial charge in [0, 0.05) is 10.5 Å². The van der Waals surface area contributed by atoms with E-state index in [1.165, 1.54) is 21.1 Å². The lowest BCUT2D eigenvalue weighted by atomic mass is 10.1. The van der Waals surface area contributed by atoms with E-state index < -0.39 is 0 Å². The molecule has 1 heterocycles. The van der Waals surface area contributed by atoms with Crippen LogP contribution in [0.15, 0.2) is 64.5 Å². The first-order valence-corrected chi connectivity index (χ1v) is 7.30. The van der Waals surface area contributed by atoms with Crippen LogP contribution < -0.4 is 0 Å². The smallest absolute Gasteiger partial charge is 0.0783 e. The second-order valence-electron chi connectivity index (χ2n) is 4.40. The van der Waals surface area contributed by atoms with Crippen LogP contribution in [0.5, 0.6) is 0 Å². The molecular weight excluding hydrogens is 250 g/mol. The maximum atomic E-state index is 4.78. The zero-order valence-electron chi connectivity index (χ0n) is 10.8. The molecule has 0 spiro atoms. The fourth-order valence-electron chi connectivity index (χ4n) is 2.08. The molecule has 1 aliphatic rings. The molecule has 2 heteroatoms. The van der Waals surface area contributed by atoms with Gasteiger partial charge in [0.1, 0.15) is 0 Å². The average molecular weight is 265 g/mol. The van der Waals surface area contributed by atoms with Crippen molar-refractivity contribution >= 4 is 28.6 Å². The topological polar surface area (TPSA) is 12.4 Å². The largest absolute Gasteiger partial charge is 0.246 e. The van der Waals surface area contributed by atoms with Gasteiger partial charge in [0.2, 0.25) is 0 Å². The summed E-state index contributed by atoms with van der Waals surface area (Å²) < 4.78 is 0. The number of thioether (sulfide) groups is 1. The van der Waals surface area contributed by atoms with E-state index in [1.54, 1.807) is 11.8 Å². The van der Waals surface area contributed by atoms with Gasteiger partial charge in [0.15, 0.2) is 0 Å². The second-order valence-corrected chi connectivity index (χ2v) is 5.51. The molecule has 3 rings (SSSR count). The summed E-state index contributed by atoms with van der Waals surface area (Å²) in [7, 11) is 0. The molecule has 0 aliphatic carbocycles. The highest BCUT2D eigenvalue weighted by molar-refractivity contribution is 8.14. The van der Waals surface area contributed by atoms with E-state index in [-0.39, 0.29) is 0 Å². The fourth-order valence-corrected chi connectivity index (χ4v) is 3.05. The van der Waals surface area contributed by atoms with Gasteiger partial charge in [-0.1, -0.05) is 67.2 Å². The zero-order chi connectivity index (χ0) is 13.1. The Bertz CT molecular complexity index is 641. The van der Waals surface area contributed by atoms with Crippen molar-refractivity contribution in [3.05, 3.63) is 65.7 Å². The normalized spacial score (nSPS) is 16.1. The minimum Gasteiger partial charge on any atom is -0.246 e. The van der Waals surface area contributed by atoms with Crippen LogP contribution in [-0.4, -0.2) is 5.04 Å². The van der Waals surface area contributed by atoms with E-state index in [1.807, 2.05) is 6.07 Å². The Balaban J connectivity index is 2.10. The van der Waals surface area contributed by atoms with Crippen LogP contribution in [0.2, 0.25) is 0 Å². The lowest BCUT2D eigenvalue weighted by Gasteiger charge is -2.17. The predicted octanol–water partition coefficient (Wildman–Crippen LogP) is 5.10. The molecular formula is C17H15NS. The number of aliphatic imine (C=N–C) groups is 1. The van der Waals surface area contributed by atoms with E-state index in [0.717, 1.165) is 12.1 Å². The Hall–Kier alpha value is -1.80.